The Kier molecular flexibility index (Phi) is 7.80. The van der Waals surface area contributed by atoms with Gasteiger partial charge in [0.25, 0.3) is 5.91 Å². The maximum absolute atomic E-state index is 13.5. The lowest BCUT2D eigenvalue weighted by Crippen LogP contribution is -2.36. The topological polar surface area (TPSA) is 76.7 Å². The van der Waals surface area contributed by atoms with Crippen LogP contribution in [-0.4, -0.2) is 31.6 Å². The first-order valence-electron chi connectivity index (χ1n) is 9.14. The lowest BCUT2D eigenvalue weighted by Gasteiger charge is -2.12. The highest BCUT2D eigenvalue weighted by Gasteiger charge is 2.12. The van der Waals surface area contributed by atoms with Crippen molar-refractivity contribution in [2.45, 2.75) is 27.3 Å². The second kappa shape index (κ2) is 10.3. The molecule has 0 fully saturated rings. The second-order valence-electron chi connectivity index (χ2n) is 6.07. The molecule has 0 spiro atoms. The summed E-state index contributed by atoms with van der Waals surface area (Å²) in [6.45, 7) is 6.29. The summed E-state index contributed by atoms with van der Waals surface area (Å²) in [4.78, 5) is 24.2. The van der Waals surface area contributed by atoms with Gasteiger partial charge in [0.2, 0.25) is 5.91 Å². The Morgan fingerprint density at radius 1 is 0.964 bits per heavy atom. The Morgan fingerprint density at radius 2 is 1.68 bits per heavy atom. The zero-order valence-electron chi connectivity index (χ0n) is 16.3. The number of hydrogen-bond acceptors (Lipinski definition) is 4. The number of carbonyl (C=O) groups excluding carboxylic acids is 2. The molecule has 0 radical (unpaired) electrons. The van der Waals surface area contributed by atoms with Crippen LogP contribution in [0.1, 0.15) is 35.3 Å². The molecule has 0 aromatic heterocycles. The maximum atomic E-state index is 13.5. The SMILES string of the molecule is CCOc1ccc(C(=O)NCC(=O)NCc2ccc(C)c(F)c2)cc1OCC. The molecule has 0 saturated carbocycles. The van der Waals surface area contributed by atoms with E-state index in [-0.39, 0.29) is 24.8 Å². The van der Waals surface area contributed by atoms with Crippen molar-refractivity contribution in [1.29, 1.82) is 0 Å². The van der Waals surface area contributed by atoms with Crippen molar-refractivity contribution in [1.82, 2.24) is 10.6 Å². The fourth-order valence-electron chi connectivity index (χ4n) is 2.46. The first-order valence-corrected chi connectivity index (χ1v) is 9.14. The molecule has 150 valence electrons. The van der Waals surface area contributed by atoms with Gasteiger partial charge in [-0.3, -0.25) is 9.59 Å². The molecule has 0 aliphatic rings. The number of amides is 2. The molecule has 0 saturated heterocycles. The quantitative estimate of drug-likeness (QED) is 0.692. The van der Waals surface area contributed by atoms with Crippen molar-refractivity contribution in [3.8, 4) is 11.5 Å². The van der Waals surface area contributed by atoms with E-state index in [0.29, 0.717) is 41.4 Å². The van der Waals surface area contributed by atoms with E-state index in [1.165, 1.54) is 6.07 Å². The normalized spacial score (nSPS) is 10.3. The number of aryl methyl sites for hydroxylation is 1. The summed E-state index contributed by atoms with van der Waals surface area (Å²) in [5.74, 6) is -0.0571. The molecule has 28 heavy (non-hydrogen) atoms. The Labute approximate surface area is 164 Å². The third-order valence-corrected chi connectivity index (χ3v) is 3.94. The highest BCUT2D eigenvalue weighted by atomic mass is 19.1. The third-order valence-electron chi connectivity index (χ3n) is 3.94. The molecule has 2 aromatic carbocycles. The molecule has 2 N–H and O–H groups in total. The predicted octanol–water partition coefficient (Wildman–Crippen LogP) is 2.98. The van der Waals surface area contributed by atoms with Crippen molar-refractivity contribution in [2.24, 2.45) is 0 Å². The largest absolute Gasteiger partial charge is 0.490 e. The van der Waals surface area contributed by atoms with Gasteiger partial charge in [-0.2, -0.15) is 0 Å². The van der Waals surface area contributed by atoms with Crippen LogP contribution in [0.5, 0.6) is 11.5 Å². The van der Waals surface area contributed by atoms with E-state index in [4.69, 9.17) is 9.47 Å². The molecule has 2 rings (SSSR count). The average Bonchev–Trinajstić information content (AvgIpc) is 2.68. The Bertz CT molecular complexity index is 839. The minimum Gasteiger partial charge on any atom is -0.490 e. The van der Waals surface area contributed by atoms with E-state index in [9.17, 15) is 14.0 Å². The molecular formula is C21H25FN2O4. The molecule has 0 unspecified atom stereocenters. The molecule has 7 heteroatoms. The van der Waals surface area contributed by atoms with Gasteiger partial charge >= 0.3 is 0 Å². The summed E-state index contributed by atoms with van der Waals surface area (Å²) in [5, 5.41) is 5.20. The van der Waals surface area contributed by atoms with Crippen LogP contribution >= 0.6 is 0 Å². The van der Waals surface area contributed by atoms with E-state index in [1.54, 1.807) is 37.3 Å². The second-order valence-corrected chi connectivity index (χ2v) is 6.07. The molecule has 0 heterocycles. The monoisotopic (exact) mass is 388 g/mol. The minimum atomic E-state index is -0.402. The number of rotatable bonds is 9. The number of hydrogen-bond donors (Lipinski definition) is 2. The summed E-state index contributed by atoms with van der Waals surface area (Å²) >= 11 is 0. The lowest BCUT2D eigenvalue weighted by atomic mass is 10.1. The highest BCUT2D eigenvalue weighted by molar-refractivity contribution is 5.97. The smallest absolute Gasteiger partial charge is 0.251 e. The number of carbonyl (C=O) groups is 2. The van der Waals surface area contributed by atoms with E-state index in [1.807, 2.05) is 13.8 Å². The molecule has 6 nitrogen and oxygen atoms in total. The zero-order valence-corrected chi connectivity index (χ0v) is 16.3. The van der Waals surface area contributed by atoms with Gasteiger partial charge in [0.05, 0.1) is 19.8 Å². The maximum Gasteiger partial charge on any atom is 0.251 e. The average molecular weight is 388 g/mol. The first kappa shape index (κ1) is 21.2. The first-order chi connectivity index (χ1) is 13.4. The fraction of sp³-hybridized carbons (Fsp3) is 0.333. The number of halogens is 1. The van der Waals surface area contributed by atoms with Crippen LogP contribution in [0.15, 0.2) is 36.4 Å². The van der Waals surface area contributed by atoms with E-state index >= 15 is 0 Å². The van der Waals surface area contributed by atoms with Crippen LogP contribution in [0.3, 0.4) is 0 Å². The summed E-state index contributed by atoms with van der Waals surface area (Å²) in [6, 6.07) is 9.62. The van der Waals surface area contributed by atoms with Gasteiger partial charge in [-0.15, -0.1) is 0 Å². The summed E-state index contributed by atoms with van der Waals surface area (Å²) in [5.41, 5.74) is 1.56. The Morgan fingerprint density at radius 3 is 2.36 bits per heavy atom. The Hall–Kier alpha value is -3.09. The number of benzene rings is 2. The molecule has 0 bridgehead atoms. The van der Waals surface area contributed by atoms with Crippen molar-refractivity contribution >= 4 is 11.8 Å². The van der Waals surface area contributed by atoms with Crippen molar-refractivity contribution in [3.63, 3.8) is 0 Å². The van der Waals surface area contributed by atoms with Gasteiger partial charge in [0, 0.05) is 12.1 Å². The molecule has 2 aromatic rings. The lowest BCUT2D eigenvalue weighted by molar-refractivity contribution is -0.120. The number of ether oxygens (including phenoxy) is 2. The molecular weight excluding hydrogens is 363 g/mol. The van der Waals surface area contributed by atoms with Crippen LogP contribution in [0.25, 0.3) is 0 Å². The minimum absolute atomic E-state index is 0.184. The van der Waals surface area contributed by atoms with E-state index in [2.05, 4.69) is 10.6 Å². The van der Waals surface area contributed by atoms with Gasteiger partial charge < -0.3 is 20.1 Å². The zero-order chi connectivity index (χ0) is 20.5. The number of nitrogens with one attached hydrogen (secondary N) is 2. The van der Waals surface area contributed by atoms with Crippen LogP contribution < -0.4 is 20.1 Å². The molecule has 0 aliphatic carbocycles. The van der Waals surface area contributed by atoms with Gasteiger partial charge in [0.1, 0.15) is 5.82 Å². The Balaban J connectivity index is 1.89. The summed E-state index contributed by atoms with van der Waals surface area (Å²) in [6.07, 6.45) is 0. The summed E-state index contributed by atoms with van der Waals surface area (Å²) in [7, 11) is 0. The van der Waals surface area contributed by atoms with Crippen molar-refractivity contribution in [3.05, 3.63) is 58.9 Å². The predicted molar refractivity (Wildman–Crippen MR) is 104 cm³/mol. The van der Waals surface area contributed by atoms with Gasteiger partial charge in [0.15, 0.2) is 11.5 Å². The molecule has 0 atom stereocenters. The molecule has 0 aliphatic heterocycles. The van der Waals surface area contributed by atoms with Crippen LogP contribution in [0.4, 0.5) is 4.39 Å². The van der Waals surface area contributed by atoms with Crippen LogP contribution in [0, 0.1) is 12.7 Å². The summed E-state index contributed by atoms with van der Waals surface area (Å²) < 4.78 is 24.5. The van der Waals surface area contributed by atoms with Gasteiger partial charge in [-0.25, -0.2) is 4.39 Å². The van der Waals surface area contributed by atoms with Crippen LogP contribution in [-0.2, 0) is 11.3 Å². The van der Waals surface area contributed by atoms with E-state index < -0.39 is 5.91 Å². The van der Waals surface area contributed by atoms with Crippen molar-refractivity contribution in [2.75, 3.05) is 19.8 Å². The van der Waals surface area contributed by atoms with Gasteiger partial charge in [-0.1, -0.05) is 12.1 Å². The molecule has 2 amide bonds. The van der Waals surface area contributed by atoms with Gasteiger partial charge in [-0.05, 0) is 56.2 Å². The fourth-order valence-corrected chi connectivity index (χ4v) is 2.46. The standard InChI is InChI=1S/C21H25FN2O4/c1-4-27-18-9-8-16(11-19(18)28-5-2)21(26)24-13-20(25)23-12-15-7-6-14(3)17(22)10-15/h6-11H,4-5,12-13H2,1-3H3,(H,23,25)(H,24,26). The van der Waals surface area contributed by atoms with E-state index in [0.717, 1.165) is 0 Å². The third kappa shape index (κ3) is 5.97. The van der Waals surface area contributed by atoms with Crippen molar-refractivity contribution < 1.29 is 23.5 Å². The van der Waals surface area contributed by atoms with Crippen LogP contribution in [0.2, 0.25) is 0 Å². The highest BCUT2D eigenvalue weighted by Crippen LogP contribution is 2.28.